The summed E-state index contributed by atoms with van der Waals surface area (Å²) in [5.74, 6) is 0. The number of benzene rings is 1. The van der Waals surface area contributed by atoms with Crippen LogP contribution in [-0.2, 0) is 6.54 Å². The first-order chi connectivity index (χ1) is 8.54. The third-order valence-corrected chi connectivity index (χ3v) is 2.83. The molecule has 0 atom stereocenters. The average molecular weight is 243 g/mol. The zero-order chi connectivity index (χ0) is 13.1. The molecular weight excluding hydrogens is 222 g/mol. The SMILES string of the molecule is Cc1cc(C)cc(-n2cnc(CNC(C)C)c2)c1. The third kappa shape index (κ3) is 3.20. The van der Waals surface area contributed by atoms with Gasteiger partial charge in [0.2, 0.25) is 0 Å². The molecule has 0 radical (unpaired) electrons. The number of hydrogen-bond acceptors (Lipinski definition) is 2. The van der Waals surface area contributed by atoms with E-state index in [0.717, 1.165) is 12.2 Å². The quantitative estimate of drug-likeness (QED) is 0.894. The van der Waals surface area contributed by atoms with Crippen LogP contribution in [0.4, 0.5) is 0 Å². The van der Waals surface area contributed by atoms with Crippen molar-refractivity contribution in [1.29, 1.82) is 0 Å². The van der Waals surface area contributed by atoms with Crippen molar-refractivity contribution in [2.45, 2.75) is 40.3 Å². The van der Waals surface area contributed by atoms with Gasteiger partial charge in [0.15, 0.2) is 0 Å². The third-order valence-electron chi connectivity index (χ3n) is 2.83. The molecule has 96 valence electrons. The second kappa shape index (κ2) is 5.36. The molecule has 2 rings (SSSR count). The normalized spacial score (nSPS) is 11.2. The van der Waals surface area contributed by atoms with Gasteiger partial charge in [-0.1, -0.05) is 19.9 Å². The van der Waals surface area contributed by atoms with Crippen molar-refractivity contribution in [3.8, 4) is 5.69 Å². The number of imidazole rings is 1. The number of nitrogens with one attached hydrogen (secondary N) is 1. The van der Waals surface area contributed by atoms with Crippen molar-refractivity contribution >= 4 is 0 Å². The Kier molecular flexibility index (Phi) is 3.82. The lowest BCUT2D eigenvalue weighted by atomic mass is 10.1. The molecule has 0 aliphatic rings. The van der Waals surface area contributed by atoms with E-state index >= 15 is 0 Å². The maximum atomic E-state index is 4.42. The summed E-state index contributed by atoms with van der Waals surface area (Å²) in [7, 11) is 0. The molecule has 0 fully saturated rings. The lowest BCUT2D eigenvalue weighted by Crippen LogP contribution is -2.21. The van der Waals surface area contributed by atoms with Crippen molar-refractivity contribution in [2.24, 2.45) is 0 Å². The summed E-state index contributed by atoms with van der Waals surface area (Å²) in [4.78, 5) is 4.42. The van der Waals surface area contributed by atoms with Crippen LogP contribution in [0.3, 0.4) is 0 Å². The van der Waals surface area contributed by atoms with Crippen molar-refractivity contribution in [2.75, 3.05) is 0 Å². The molecule has 0 aliphatic carbocycles. The maximum Gasteiger partial charge on any atom is 0.0995 e. The Morgan fingerprint density at radius 3 is 2.44 bits per heavy atom. The molecule has 0 saturated carbocycles. The highest BCUT2D eigenvalue weighted by molar-refractivity contribution is 5.39. The molecule has 18 heavy (non-hydrogen) atoms. The van der Waals surface area contributed by atoms with E-state index in [2.05, 4.69) is 67.0 Å². The maximum absolute atomic E-state index is 4.42. The van der Waals surface area contributed by atoms with Gasteiger partial charge in [0.05, 0.1) is 12.0 Å². The zero-order valence-electron chi connectivity index (χ0n) is 11.6. The van der Waals surface area contributed by atoms with Crippen molar-refractivity contribution in [3.05, 3.63) is 47.5 Å². The Hall–Kier alpha value is -1.61. The second-order valence-corrected chi connectivity index (χ2v) is 5.15. The van der Waals surface area contributed by atoms with Crippen LogP contribution in [0.25, 0.3) is 5.69 Å². The number of aryl methyl sites for hydroxylation is 2. The van der Waals surface area contributed by atoms with Gasteiger partial charge in [0, 0.05) is 24.5 Å². The van der Waals surface area contributed by atoms with E-state index < -0.39 is 0 Å². The summed E-state index contributed by atoms with van der Waals surface area (Å²) in [5.41, 5.74) is 4.81. The molecule has 1 N–H and O–H groups in total. The lowest BCUT2D eigenvalue weighted by molar-refractivity contribution is 0.582. The summed E-state index contributed by atoms with van der Waals surface area (Å²) in [6.45, 7) is 9.33. The Balaban J connectivity index is 2.18. The van der Waals surface area contributed by atoms with Gasteiger partial charge in [0.1, 0.15) is 0 Å². The summed E-state index contributed by atoms with van der Waals surface area (Å²) >= 11 is 0. The Morgan fingerprint density at radius 2 is 1.83 bits per heavy atom. The molecule has 1 aromatic carbocycles. The topological polar surface area (TPSA) is 29.9 Å². The Morgan fingerprint density at radius 1 is 1.17 bits per heavy atom. The van der Waals surface area contributed by atoms with E-state index in [-0.39, 0.29) is 0 Å². The van der Waals surface area contributed by atoms with E-state index in [4.69, 9.17) is 0 Å². The van der Waals surface area contributed by atoms with E-state index in [9.17, 15) is 0 Å². The molecule has 1 aromatic heterocycles. The van der Waals surface area contributed by atoms with Gasteiger partial charge >= 0.3 is 0 Å². The summed E-state index contributed by atoms with van der Waals surface area (Å²) in [6.07, 6.45) is 3.97. The predicted octanol–water partition coefficient (Wildman–Crippen LogP) is 2.99. The summed E-state index contributed by atoms with van der Waals surface area (Å²) in [6, 6.07) is 7.01. The number of nitrogens with zero attached hydrogens (tertiary/aromatic N) is 2. The number of hydrogen-bond donors (Lipinski definition) is 1. The molecule has 3 heteroatoms. The zero-order valence-corrected chi connectivity index (χ0v) is 11.6. The van der Waals surface area contributed by atoms with Crippen LogP contribution in [-0.4, -0.2) is 15.6 Å². The molecule has 0 aliphatic heterocycles. The van der Waals surface area contributed by atoms with E-state index in [1.165, 1.54) is 16.8 Å². The molecule has 1 heterocycles. The molecule has 2 aromatic rings. The van der Waals surface area contributed by atoms with Gasteiger partial charge in [-0.3, -0.25) is 0 Å². The highest BCUT2D eigenvalue weighted by Crippen LogP contribution is 2.14. The molecule has 0 spiro atoms. The van der Waals surface area contributed by atoms with E-state index in [1.54, 1.807) is 0 Å². The predicted molar refractivity (Wildman–Crippen MR) is 75.0 cm³/mol. The van der Waals surface area contributed by atoms with Crippen LogP contribution in [0.1, 0.15) is 30.7 Å². The fourth-order valence-electron chi connectivity index (χ4n) is 2.00. The van der Waals surface area contributed by atoms with Gasteiger partial charge in [-0.05, 0) is 37.1 Å². The van der Waals surface area contributed by atoms with E-state index in [0.29, 0.717) is 6.04 Å². The van der Waals surface area contributed by atoms with Gasteiger partial charge < -0.3 is 9.88 Å². The number of aromatic nitrogens is 2. The fourth-order valence-corrected chi connectivity index (χ4v) is 2.00. The van der Waals surface area contributed by atoms with Gasteiger partial charge in [-0.25, -0.2) is 4.98 Å². The molecule has 0 unspecified atom stereocenters. The summed E-state index contributed by atoms with van der Waals surface area (Å²) in [5, 5.41) is 3.37. The smallest absolute Gasteiger partial charge is 0.0995 e. The highest BCUT2D eigenvalue weighted by Gasteiger charge is 2.02. The van der Waals surface area contributed by atoms with Crippen molar-refractivity contribution in [1.82, 2.24) is 14.9 Å². The minimum atomic E-state index is 0.483. The first-order valence-electron chi connectivity index (χ1n) is 6.39. The van der Waals surface area contributed by atoms with Crippen LogP contribution in [0.15, 0.2) is 30.7 Å². The second-order valence-electron chi connectivity index (χ2n) is 5.15. The summed E-state index contributed by atoms with van der Waals surface area (Å²) < 4.78 is 2.08. The molecule has 0 bridgehead atoms. The van der Waals surface area contributed by atoms with Crippen LogP contribution < -0.4 is 5.32 Å². The first-order valence-corrected chi connectivity index (χ1v) is 6.39. The van der Waals surface area contributed by atoms with Crippen molar-refractivity contribution in [3.63, 3.8) is 0 Å². The van der Waals surface area contributed by atoms with Gasteiger partial charge in [-0.15, -0.1) is 0 Å². The minimum Gasteiger partial charge on any atom is -0.309 e. The molecular formula is C15H21N3. The molecule has 0 saturated heterocycles. The number of rotatable bonds is 4. The Bertz CT molecular complexity index is 506. The highest BCUT2D eigenvalue weighted by atomic mass is 15.1. The Labute approximate surface area is 109 Å². The monoisotopic (exact) mass is 243 g/mol. The largest absolute Gasteiger partial charge is 0.309 e. The standard InChI is InChI=1S/C15H21N3/c1-11(2)16-8-14-9-18(10-17-14)15-6-12(3)5-13(4)7-15/h5-7,9-11,16H,8H2,1-4H3. The van der Waals surface area contributed by atoms with Gasteiger partial charge in [0.25, 0.3) is 0 Å². The van der Waals surface area contributed by atoms with Crippen LogP contribution in [0, 0.1) is 13.8 Å². The van der Waals surface area contributed by atoms with Crippen LogP contribution >= 0.6 is 0 Å². The van der Waals surface area contributed by atoms with Crippen molar-refractivity contribution < 1.29 is 0 Å². The first kappa shape index (κ1) is 12.8. The molecule has 3 nitrogen and oxygen atoms in total. The van der Waals surface area contributed by atoms with E-state index in [1.807, 2.05) is 6.33 Å². The minimum absolute atomic E-state index is 0.483. The van der Waals surface area contributed by atoms with Crippen LogP contribution in [0.5, 0.6) is 0 Å². The van der Waals surface area contributed by atoms with Crippen LogP contribution in [0.2, 0.25) is 0 Å². The molecule has 0 amide bonds. The fraction of sp³-hybridized carbons (Fsp3) is 0.400. The average Bonchev–Trinajstić information content (AvgIpc) is 2.73. The lowest BCUT2D eigenvalue weighted by Gasteiger charge is -2.06. The van der Waals surface area contributed by atoms with Gasteiger partial charge in [-0.2, -0.15) is 0 Å².